The summed E-state index contributed by atoms with van der Waals surface area (Å²) in [6, 6.07) is 17.0. The minimum Gasteiger partial charge on any atom is -0.497 e. The van der Waals surface area contributed by atoms with Crippen LogP contribution in [0.15, 0.2) is 54.6 Å². The summed E-state index contributed by atoms with van der Waals surface area (Å²) in [5, 5.41) is 2.70. The molecule has 0 aliphatic carbocycles. The zero-order valence-corrected chi connectivity index (χ0v) is 14.4. The number of amides is 2. The molecule has 2 amide bonds. The molecule has 5 heteroatoms. The van der Waals surface area contributed by atoms with Crippen molar-refractivity contribution in [3.05, 3.63) is 65.7 Å². The number of hydrogen-bond acceptors (Lipinski definition) is 3. The number of benzene rings is 2. The van der Waals surface area contributed by atoms with E-state index in [0.717, 1.165) is 5.56 Å². The Balaban J connectivity index is 1.60. The van der Waals surface area contributed by atoms with Gasteiger partial charge in [0.2, 0.25) is 5.91 Å². The molecular weight excluding hydrogens is 316 g/mol. The van der Waals surface area contributed by atoms with E-state index in [-0.39, 0.29) is 24.4 Å². The van der Waals surface area contributed by atoms with Gasteiger partial charge >= 0.3 is 0 Å². The quantitative estimate of drug-likeness (QED) is 0.912. The van der Waals surface area contributed by atoms with E-state index >= 15 is 0 Å². The maximum absolute atomic E-state index is 12.5. The van der Waals surface area contributed by atoms with Crippen LogP contribution in [-0.4, -0.2) is 36.9 Å². The fourth-order valence-electron chi connectivity index (χ4n) is 3.23. The van der Waals surface area contributed by atoms with Crippen LogP contribution in [-0.2, 0) is 4.79 Å². The second kappa shape index (κ2) is 7.38. The Labute approximate surface area is 147 Å². The summed E-state index contributed by atoms with van der Waals surface area (Å²) in [4.78, 5) is 26.5. The number of rotatable bonds is 5. The Hall–Kier alpha value is -2.82. The Morgan fingerprint density at radius 2 is 1.92 bits per heavy atom. The Kier molecular flexibility index (Phi) is 5.03. The number of ether oxygens (including phenoxy) is 1. The molecule has 130 valence electrons. The predicted molar refractivity (Wildman–Crippen MR) is 95.4 cm³/mol. The van der Waals surface area contributed by atoms with Crippen molar-refractivity contribution in [1.29, 1.82) is 0 Å². The summed E-state index contributed by atoms with van der Waals surface area (Å²) in [6.07, 6.45) is 0. The smallest absolute Gasteiger partial charge is 0.251 e. The molecule has 5 nitrogen and oxygen atoms in total. The minimum absolute atomic E-state index is 0.00784. The molecule has 1 saturated heterocycles. The summed E-state index contributed by atoms with van der Waals surface area (Å²) < 4.78 is 5.12. The number of nitrogens with one attached hydrogen (secondary N) is 1. The van der Waals surface area contributed by atoms with Crippen molar-refractivity contribution in [2.75, 3.05) is 20.2 Å². The largest absolute Gasteiger partial charge is 0.497 e. The maximum atomic E-state index is 12.5. The van der Waals surface area contributed by atoms with Crippen molar-refractivity contribution in [2.45, 2.75) is 13.0 Å². The SMILES string of the molecule is COc1cccc(C(=O)NCC(=O)N2C[C@H](C)[C@H]2c2ccccc2)c1. The van der Waals surface area contributed by atoms with Crippen molar-refractivity contribution in [2.24, 2.45) is 5.92 Å². The van der Waals surface area contributed by atoms with Gasteiger partial charge in [-0.25, -0.2) is 0 Å². The molecule has 25 heavy (non-hydrogen) atoms. The number of likely N-dealkylation sites (tertiary alicyclic amines) is 1. The van der Waals surface area contributed by atoms with Crippen LogP contribution < -0.4 is 10.1 Å². The van der Waals surface area contributed by atoms with Gasteiger partial charge in [0, 0.05) is 12.1 Å². The Morgan fingerprint density at radius 1 is 1.16 bits per heavy atom. The van der Waals surface area contributed by atoms with Crippen molar-refractivity contribution < 1.29 is 14.3 Å². The fraction of sp³-hybridized carbons (Fsp3) is 0.300. The Morgan fingerprint density at radius 3 is 2.60 bits per heavy atom. The van der Waals surface area contributed by atoms with Crippen molar-refractivity contribution in [3.8, 4) is 5.75 Å². The van der Waals surface area contributed by atoms with E-state index in [0.29, 0.717) is 23.8 Å². The highest BCUT2D eigenvalue weighted by atomic mass is 16.5. The second-order valence-electron chi connectivity index (χ2n) is 6.29. The van der Waals surface area contributed by atoms with Crippen LogP contribution >= 0.6 is 0 Å². The molecule has 1 N–H and O–H groups in total. The molecule has 1 aliphatic heterocycles. The number of carbonyl (C=O) groups excluding carboxylic acids is 2. The molecule has 0 unspecified atom stereocenters. The average Bonchev–Trinajstić information content (AvgIpc) is 2.64. The lowest BCUT2D eigenvalue weighted by molar-refractivity contribution is -0.142. The summed E-state index contributed by atoms with van der Waals surface area (Å²) in [5.41, 5.74) is 1.61. The van der Waals surface area contributed by atoms with Crippen LogP contribution in [0.25, 0.3) is 0 Å². The van der Waals surface area contributed by atoms with Crippen LogP contribution in [0.2, 0.25) is 0 Å². The molecule has 0 spiro atoms. The first kappa shape index (κ1) is 17.0. The lowest BCUT2D eigenvalue weighted by Gasteiger charge is -2.47. The van der Waals surface area contributed by atoms with Crippen molar-refractivity contribution in [1.82, 2.24) is 10.2 Å². The van der Waals surface area contributed by atoms with Crippen LogP contribution in [0.5, 0.6) is 5.75 Å². The summed E-state index contributed by atoms with van der Waals surface area (Å²) in [6.45, 7) is 2.84. The van der Waals surface area contributed by atoms with E-state index in [2.05, 4.69) is 12.2 Å². The first-order valence-electron chi connectivity index (χ1n) is 8.37. The first-order valence-corrected chi connectivity index (χ1v) is 8.37. The van der Waals surface area contributed by atoms with Crippen LogP contribution in [0.1, 0.15) is 28.9 Å². The van der Waals surface area contributed by atoms with Crippen molar-refractivity contribution in [3.63, 3.8) is 0 Å². The number of methoxy groups -OCH3 is 1. The zero-order chi connectivity index (χ0) is 17.8. The normalized spacial score (nSPS) is 19.0. The summed E-state index contributed by atoms with van der Waals surface area (Å²) >= 11 is 0. The van der Waals surface area contributed by atoms with Crippen molar-refractivity contribution >= 4 is 11.8 Å². The predicted octanol–water partition coefficient (Wildman–Crippen LogP) is 2.64. The van der Waals surface area contributed by atoms with E-state index in [1.165, 1.54) is 0 Å². The molecule has 1 aliphatic rings. The molecule has 1 heterocycles. The molecule has 0 bridgehead atoms. The topological polar surface area (TPSA) is 58.6 Å². The maximum Gasteiger partial charge on any atom is 0.251 e. The van der Waals surface area contributed by atoms with Gasteiger partial charge in [-0.05, 0) is 29.7 Å². The van der Waals surface area contributed by atoms with Gasteiger partial charge in [-0.2, -0.15) is 0 Å². The molecule has 0 radical (unpaired) electrons. The average molecular weight is 338 g/mol. The van der Waals surface area contributed by atoms with Gasteiger partial charge in [0.15, 0.2) is 0 Å². The van der Waals surface area contributed by atoms with Gasteiger partial charge in [0.05, 0.1) is 19.7 Å². The van der Waals surface area contributed by atoms with Gasteiger partial charge < -0.3 is 15.0 Å². The third kappa shape index (κ3) is 3.65. The molecule has 1 fully saturated rings. The van der Waals surface area contributed by atoms with E-state index in [1.807, 2.05) is 35.2 Å². The molecule has 2 atom stereocenters. The van der Waals surface area contributed by atoms with Gasteiger partial charge in [-0.3, -0.25) is 9.59 Å². The third-order valence-electron chi connectivity index (χ3n) is 4.55. The highest BCUT2D eigenvalue weighted by molar-refractivity contribution is 5.96. The van der Waals surface area contributed by atoms with Gasteiger partial charge in [-0.1, -0.05) is 43.3 Å². The molecule has 2 aromatic carbocycles. The molecule has 0 saturated carbocycles. The summed E-state index contributed by atoms with van der Waals surface area (Å²) in [7, 11) is 1.55. The zero-order valence-electron chi connectivity index (χ0n) is 14.4. The third-order valence-corrected chi connectivity index (χ3v) is 4.55. The van der Waals surface area contributed by atoms with E-state index in [9.17, 15) is 9.59 Å². The molecule has 0 aromatic heterocycles. The minimum atomic E-state index is -0.280. The highest BCUT2D eigenvalue weighted by Gasteiger charge is 2.39. The van der Waals surface area contributed by atoms with E-state index in [1.54, 1.807) is 31.4 Å². The fourth-order valence-corrected chi connectivity index (χ4v) is 3.23. The van der Waals surface area contributed by atoms with Crippen LogP contribution in [0.4, 0.5) is 0 Å². The van der Waals surface area contributed by atoms with E-state index < -0.39 is 0 Å². The van der Waals surface area contributed by atoms with E-state index in [4.69, 9.17) is 4.74 Å². The molecule has 3 rings (SSSR count). The lowest BCUT2D eigenvalue weighted by atomic mass is 9.84. The van der Waals surface area contributed by atoms with Gasteiger partial charge in [0.1, 0.15) is 5.75 Å². The Bertz CT molecular complexity index is 761. The standard InChI is InChI=1S/C20H22N2O3/c1-14-13-22(19(14)15-7-4-3-5-8-15)18(23)12-21-20(24)16-9-6-10-17(11-16)25-2/h3-11,14,19H,12-13H2,1-2H3,(H,21,24)/t14-,19-/m0/s1. The highest BCUT2D eigenvalue weighted by Crippen LogP contribution is 2.38. The van der Waals surface area contributed by atoms with Crippen LogP contribution in [0.3, 0.4) is 0 Å². The number of carbonyl (C=O) groups is 2. The number of hydrogen-bond donors (Lipinski definition) is 1. The van der Waals surface area contributed by atoms with Gasteiger partial charge in [-0.15, -0.1) is 0 Å². The van der Waals surface area contributed by atoms with Gasteiger partial charge in [0.25, 0.3) is 5.91 Å². The number of nitrogens with zero attached hydrogens (tertiary/aromatic N) is 1. The van der Waals surface area contributed by atoms with Crippen LogP contribution in [0, 0.1) is 5.92 Å². The first-order chi connectivity index (χ1) is 12.1. The molecule has 2 aromatic rings. The second-order valence-corrected chi connectivity index (χ2v) is 6.29. The lowest BCUT2D eigenvalue weighted by Crippen LogP contribution is -2.54. The molecular formula is C20H22N2O3. The summed E-state index contributed by atoms with van der Waals surface area (Å²) in [5.74, 6) is 0.681. The monoisotopic (exact) mass is 338 g/mol.